The highest BCUT2D eigenvalue weighted by Gasteiger charge is 2.30. The SMILES string of the molecule is CC1(C)CNCCN1c1ccc([N+](=O)[O-])nc1. The zero-order valence-corrected chi connectivity index (χ0v) is 10.0. The van der Waals surface area contributed by atoms with Crippen molar-refractivity contribution in [2.24, 2.45) is 0 Å². The molecule has 2 heterocycles. The second-order valence-electron chi connectivity index (χ2n) is 4.77. The van der Waals surface area contributed by atoms with Crippen LogP contribution in [-0.2, 0) is 0 Å². The van der Waals surface area contributed by atoms with Crippen LogP contribution in [0.5, 0.6) is 0 Å². The van der Waals surface area contributed by atoms with Gasteiger partial charge in [-0.3, -0.25) is 0 Å². The normalized spacial score (nSPS) is 19.1. The molecule has 0 aromatic carbocycles. The van der Waals surface area contributed by atoms with E-state index in [1.54, 1.807) is 12.3 Å². The molecule has 0 radical (unpaired) electrons. The Bertz CT molecular complexity index is 416. The van der Waals surface area contributed by atoms with Gasteiger partial charge < -0.3 is 20.3 Å². The molecule has 0 aliphatic carbocycles. The van der Waals surface area contributed by atoms with Gasteiger partial charge in [0.25, 0.3) is 0 Å². The minimum atomic E-state index is -0.479. The highest BCUT2D eigenvalue weighted by molar-refractivity contribution is 5.49. The molecule has 0 atom stereocenters. The van der Waals surface area contributed by atoms with Crippen molar-refractivity contribution >= 4 is 11.5 Å². The van der Waals surface area contributed by atoms with Crippen LogP contribution in [0, 0.1) is 10.1 Å². The average Bonchev–Trinajstić information content (AvgIpc) is 2.28. The third kappa shape index (κ3) is 2.36. The fraction of sp³-hybridized carbons (Fsp3) is 0.545. The molecule has 0 spiro atoms. The Morgan fingerprint density at radius 1 is 1.53 bits per heavy atom. The minimum Gasteiger partial charge on any atom is -0.361 e. The van der Waals surface area contributed by atoms with Gasteiger partial charge >= 0.3 is 5.82 Å². The number of anilines is 1. The van der Waals surface area contributed by atoms with E-state index in [1.165, 1.54) is 6.07 Å². The van der Waals surface area contributed by atoms with Gasteiger partial charge in [-0.2, -0.15) is 0 Å². The molecule has 1 N–H and O–H groups in total. The second kappa shape index (κ2) is 4.29. The van der Waals surface area contributed by atoms with Crippen LogP contribution in [0.15, 0.2) is 18.3 Å². The second-order valence-corrected chi connectivity index (χ2v) is 4.77. The highest BCUT2D eigenvalue weighted by atomic mass is 16.6. The molecular formula is C11H16N4O2. The summed E-state index contributed by atoms with van der Waals surface area (Å²) in [5, 5.41) is 13.9. The van der Waals surface area contributed by atoms with Gasteiger partial charge in [-0.05, 0) is 29.8 Å². The lowest BCUT2D eigenvalue weighted by Gasteiger charge is -2.43. The van der Waals surface area contributed by atoms with Gasteiger partial charge in [-0.25, -0.2) is 0 Å². The van der Waals surface area contributed by atoms with E-state index in [1.807, 2.05) is 0 Å². The van der Waals surface area contributed by atoms with Crippen molar-refractivity contribution in [2.45, 2.75) is 19.4 Å². The topological polar surface area (TPSA) is 71.3 Å². The number of aromatic nitrogens is 1. The quantitative estimate of drug-likeness (QED) is 0.616. The van der Waals surface area contributed by atoms with Crippen LogP contribution in [0.2, 0.25) is 0 Å². The predicted molar refractivity (Wildman–Crippen MR) is 65.2 cm³/mol. The molecule has 0 bridgehead atoms. The van der Waals surface area contributed by atoms with Crippen LogP contribution in [0.4, 0.5) is 11.5 Å². The fourth-order valence-electron chi connectivity index (χ4n) is 2.11. The molecule has 0 amide bonds. The van der Waals surface area contributed by atoms with Crippen LogP contribution in [0.3, 0.4) is 0 Å². The first kappa shape index (κ1) is 11.8. The van der Waals surface area contributed by atoms with Gasteiger partial charge in [0.05, 0.1) is 5.69 Å². The third-order valence-corrected chi connectivity index (χ3v) is 3.03. The third-order valence-electron chi connectivity index (χ3n) is 3.03. The molecule has 2 rings (SSSR count). The zero-order valence-electron chi connectivity index (χ0n) is 10.0. The number of nitrogens with zero attached hydrogens (tertiary/aromatic N) is 3. The number of nitro groups is 1. The zero-order chi connectivity index (χ0) is 12.5. The first-order chi connectivity index (χ1) is 8.00. The number of piperazine rings is 1. The number of nitrogens with one attached hydrogen (secondary N) is 1. The number of hydrogen-bond acceptors (Lipinski definition) is 5. The summed E-state index contributed by atoms with van der Waals surface area (Å²) < 4.78 is 0. The summed E-state index contributed by atoms with van der Waals surface area (Å²) in [6.07, 6.45) is 1.57. The standard InChI is InChI=1S/C11H16N4O2/c1-11(2)8-12-5-6-14(11)9-3-4-10(13-7-9)15(16)17/h3-4,7,12H,5-6,8H2,1-2H3. The van der Waals surface area contributed by atoms with Gasteiger partial charge in [0, 0.05) is 31.2 Å². The molecule has 1 aliphatic heterocycles. The lowest BCUT2D eigenvalue weighted by molar-refractivity contribution is -0.389. The Morgan fingerprint density at radius 2 is 2.29 bits per heavy atom. The lowest BCUT2D eigenvalue weighted by Crippen LogP contribution is -2.58. The van der Waals surface area contributed by atoms with Crippen molar-refractivity contribution in [1.82, 2.24) is 10.3 Å². The molecule has 1 aromatic rings. The van der Waals surface area contributed by atoms with Gasteiger partial charge in [0.15, 0.2) is 6.20 Å². The van der Waals surface area contributed by atoms with Crippen molar-refractivity contribution in [3.8, 4) is 0 Å². The summed E-state index contributed by atoms with van der Waals surface area (Å²) >= 11 is 0. The summed E-state index contributed by atoms with van der Waals surface area (Å²) in [5.41, 5.74) is 0.929. The van der Waals surface area contributed by atoms with Crippen LogP contribution >= 0.6 is 0 Å². The maximum atomic E-state index is 10.5. The highest BCUT2D eigenvalue weighted by Crippen LogP contribution is 2.25. The molecule has 0 saturated carbocycles. The van der Waals surface area contributed by atoms with E-state index in [4.69, 9.17) is 0 Å². The first-order valence-corrected chi connectivity index (χ1v) is 5.59. The Balaban J connectivity index is 2.24. The molecular weight excluding hydrogens is 220 g/mol. The smallest absolute Gasteiger partial charge is 0.361 e. The van der Waals surface area contributed by atoms with Crippen LogP contribution in [0.1, 0.15) is 13.8 Å². The molecule has 1 fully saturated rings. The van der Waals surface area contributed by atoms with E-state index >= 15 is 0 Å². The summed E-state index contributed by atoms with van der Waals surface area (Å²) in [6, 6.07) is 3.21. The fourth-order valence-corrected chi connectivity index (χ4v) is 2.11. The summed E-state index contributed by atoms with van der Waals surface area (Å²) in [7, 11) is 0. The minimum absolute atomic E-state index is 0.00391. The molecule has 1 aromatic heterocycles. The van der Waals surface area contributed by atoms with Crippen molar-refractivity contribution in [3.63, 3.8) is 0 Å². The van der Waals surface area contributed by atoms with Crippen LogP contribution in [0.25, 0.3) is 0 Å². The predicted octanol–water partition coefficient (Wildman–Crippen LogP) is 1.18. The van der Waals surface area contributed by atoms with Crippen molar-refractivity contribution in [2.75, 3.05) is 24.5 Å². The molecule has 6 heteroatoms. The Labute approximate surface area is 99.8 Å². The molecule has 0 unspecified atom stereocenters. The molecule has 1 aliphatic rings. The summed E-state index contributed by atoms with van der Waals surface area (Å²) in [5.74, 6) is -0.110. The van der Waals surface area contributed by atoms with Gasteiger partial charge in [-0.1, -0.05) is 0 Å². The maximum absolute atomic E-state index is 10.5. The van der Waals surface area contributed by atoms with E-state index in [9.17, 15) is 10.1 Å². The first-order valence-electron chi connectivity index (χ1n) is 5.59. The monoisotopic (exact) mass is 236 g/mol. The van der Waals surface area contributed by atoms with E-state index in [-0.39, 0.29) is 11.4 Å². The summed E-state index contributed by atoms with van der Waals surface area (Å²) in [6.45, 7) is 6.97. The van der Waals surface area contributed by atoms with E-state index in [0.29, 0.717) is 0 Å². The number of rotatable bonds is 2. The largest absolute Gasteiger partial charge is 0.363 e. The van der Waals surface area contributed by atoms with Crippen molar-refractivity contribution in [1.29, 1.82) is 0 Å². The molecule has 6 nitrogen and oxygen atoms in total. The van der Waals surface area contributed by atoms with E-state index in [0.717, 1.165) is 25.3 Å². The van der Waals surface area contributed by atoms with Gasteiger partial charge in [-0.15, -0.1) is 0 Å². The van der Waals surface area contributed by atoms with Gasteiger partial charge in [0.1, 0.15) is 0 Å². The number of hydrogen-bond donors (Lipinski definition) is 1. The average molecular weight is 236 g/mol. The molecule has 1 saturated heterocycles. The molecule has 92 valence electrons. The Hall–Kier alpha value is -1.69. The molecule has 17 heavy (non-hydrogen) atoms. The van der Waals surface area contributed by atoms with Crippen molar-refractivity contribution < 1.29 is 4.92 Å². The van der Waals surface area contributed by atoms with E-state index < -0.39 is 4.92 Å². The van der Waals surface area contributed by atoms with Gasteiger partial charge in [0.2, 0.25) is 0 Å². The Morgan fingerprint density at radius 3 is 2.82 bits per heavy atom. The van der Waals surface area contributed by atoms with Crippen LogP contribution in [-0.4, -0.2) is 35.1 Å². The maximum Gasteiger partial charge on any atom is 0.363 e. The summed E-state index contributed by atoms with van der Waals surface area (Å²) in [4.78, 5) is 16.1. The number of pyridine rings is 1. The lowest BCUT2D eigenvalue weighted by atomic mass is 9.99. The Kier molecular flexibility index (Phi) is 2.97. The van der Waals surface area contributed by atoms with E-state index in [2.05, 4.69) is 29.0 Å². The van der Waals surface area contributed by atoms with Crippen molar-refractivity contribution in [3.05, 3.63) is 28.4 Å². The van der Waals surface area contributed by atoms with Crippen LogP contribution < -0.4 is 10.2 Å².